The molecule has 2 aromatic carbocycles. The van der Waals surface area contributed by atoms with Crippen LogP contribution in [-0.2, 0) is 11.3 Å². The van der Waals surface area contributed by atoms with Crippen LogP contribution in [0.15, 0.2) is 71.5 Å². The fraction of sp³-hybridized carbons (Fsp3) is 0.250. The lowest BCUT2D eigenvalue weighted by molar-refractivity contribution is -0.133. The van der Waals surface area contributed by atoms with E-state index in [1.165, 1.54) is 15.4 Å². The molecule has 0 unspecified atom stereocenters. The molecule has 0 bridgehead atoms. The maximum atomic E-state index is 12.9. The first-order chi connectivity index (χ1) is 15.2. The highest BCUT2D eigenvalue weighted by Gasteiger charge is 2.26. The number of hydrogen-bond acceptors (Lipinski definition) is 5. The largest absolute Gasteiger partial charge is 0.341 e. The average molecular weight is 431 g/mol. The van der Waals surface area contributed by atoms with Crippen molar-refractivity contribution in [2.24, 2.45) is 0 Å². The van der Waals surface area contributed by atoms with Gasteiger partial charge in [-0.05, 0) is 31.0 Å². The Morgan fingerprint density at radius 3 is 2.48 bits per heavy atom. The summed E-state index contributed by atoms with van der Waals surface area (Å²) in [6, 6.07) is 21.0. The van der Waals surface area contributed by atoms with Crippen molar-refractivity contribution in [1.29, 1.82) is 0 Å². The number of aromatic nitrogens is 3. The maximum absolute atomic E-state index is 12.9. The number of thiazole rings is 1. The van der Waals surface area contributed by atoms with Gasteiger partial charge in [-0.25, -0.2) is 9.67 Å². The second kappa shape index (κ2) is 8.43. The molecular formula is C24H22N4O2S. The quantitative estimate of drug-likeness (QED) is 0.492. The van der Waals surface area contributed by atoms with Crippen molar-refractivity contribution >= 4 is 27.5 Å². The molecule has 0 spiro atoms. The fourth-order valence-corrected chi connectivity index (χ4v) is 5.13. The van der Waals surface area contributed by atoms with Gasteiger partial charge in [0, 0.05) is 30.6 Å². The Hall–Kier alpha value is -3.32. The van der Waals surface area contributed by atoms with Crippen molar-refractivity contribution in [2.75, 3.05) is 13.1 Å². The van der Waals surface area contributed by atoms with Gasteiger partial charge in [-0.3, -0.25) is 9.59 Å². The van der Waals surface area contributed by atoms with Crippen LogP contribution < -0.4 is 5.56 Å². The van der Waals surface area contributed by atoms with Crippen molar-refractivity contribution in [1.82, 2.24) is 19.7 Å². The summed E-state index contributed by atoms with van der Waals surface area (Å²) in [5.74, 6) is 0.311. The van der Waals surface area contributed by atoms with Gasteiger partial charge in [-0.2, -0.15) is 5.10 Å². The summed E-state index contributed by atoms with van der Waals surface area (Å²) in [5, 5.41) is 5.57. The standard InChI is InChI=1S/C24H22N4O2S/c29-22-11-10-19(17-6-2-1-3-7-17)26-28(22)16-23(30)27-14-12-18(13-15-27)24-25-20-8-4-5-9-21(20)31-24/h1-11,18H,12-16H2. The van der Waals surface area contributed by atoms with Gasteiger partial charge < -0.3 is 4.90 Å². The van der Waals surface area contributed by atoms with E-state index in [1.54, 1.807) is 17.4 Å². The molecule has 0 atom stereocenters. The molecule has 1 amide bonds. The zero-order valence-corrected chi connectivity index (χ0v) is 17.8. The van der Waals surface area contributed by atoms with Crippen LogP contribution in [-0.4, -0.2) is 38.7 Å². The van der Waals surface area contributed by atoms with Gasteiger partial charge in [-0.15, -0.1) is 11.3 Å². The summed E-state index contributed by atoms with van der Waals surface area (Å²) in [6.45, 7) is 1.31. The zero-order chi connectivity index (χ0) is 21.2. The predicted octanol–water partition coefficient (Wildman–Crippen LogP) is 3.93. The van der Waals surface area contributed by atoms with E-state index in [4.69, 9.17) is 4.98 Å². The molecule has 2 aromatic heterocycles. The molecule has 0 radical (unpaired) electrons. The third-order valence-electron chi connectivity index (χ3n) is 5.73. The predicted molar refractivity (Wildman–Crippen MR) is 122 cm³/mol. The van der Waals surface area contributed by atoms with Crippen molar-refractivity contribution in [3.05, 3.63) is 82.1 Å². The molecule has 5 rings (SSSR count). The fourth-order valence-electron chi connectivity index (χ4n) is 3.99. The second-order valence-corrected chi connectivity index (χ2v) is 8.82. The summed E-state index contributed by atoms with van der Waals surface area (Å²) < 4.78 is 2.48. The molecule has 156 valence electrons. The van der Waals surface area contributed by atoms with E-state index >= 15 is 0 Å². The molecule has 1 aliphatic heterocycles. The van der Waals surface area contributed by atoms with Gasteiger partial charge in [0.1, 0.15) is 6.54 Å². The van der Waals surface area contributed by atoms with E-state index in [-0.39, 0.29) is 18.0 Å². The first-order valence-electron chi connectivity index (χ1n) is 10.4. The Bertz CT molecular complexity index is 1240. The molecule has 31 heavy (non-hydrogen) atoms. The number of rotatable bonds is 4. The Morgan fingerprint density at radius 2 is 1.71 bits per heavy atom. The number of likely N-dealkylation sites (tertiary alicyclic amines) is 1. The minimum atomic E-state index is -0.266. The number of benzene rings is 2. The normalized spacial score (nSPS) is 14.8. The van der Waals surface area contributed by atoms with Gasteiger partial charge in [0.15, 0.2) is 0 Å². The van der Waals surface area contributed by atoms with Crippen molar-refractivity contribution in [3.8, 4) is 11.3 Å². The minimum Gasteiger partial charge on any atom is -0.341 e. The lowest BCUT2D eigenvalue weighted by Crippen LogP contribution is -2.41. The van der Waals surface area contributed by atoms with E-state index < -0.39 is 0 Å². The van der Waals surface area contributed by atoms with Crippen LogP contribution in [0.25, 0.3) is 21.5 Å². The van der Waals surface area contributed by atoms with E-state index in [2.05, 4.69) is 11.2 Å². The molecule has 0 saturated carbocycles. The van der Waals surface area contributed by atoms with Gasteiger partial charge in [0.2, 0.25) is 5.91 Å². The Balaban J connectivity index is 1.25. The van der Waals surface area contributed by atoms with E-state index in [0.29, 0.717) is 24.7 Å². The number of fused-ring (bicyclic) bond motifs is 1. The van der Waals surface area contributed by atoms with Gasteiger partial charge in [-0.1, -0.05) is 42.5 Å². The Morgan fingerprint density at radius 1 is 0.968 bits per heavy atom. The lowest BCUT2D eigenvalue weighted by Gasteiger charge is -2.31. The molecule has 0 N–H and O–H groups in total. The number of carbonyl (C=O) groups is 1. The van der Waals surface area contributed by atoms with Crippen LogP contribution in [0.5, 0.6) is 0 Å². The molecule has 7 heteroatoms. The van der Waals surface area contributed by atoms with E-state index in [0.717, 1.165) is 28.9 Å². The third kappa shape index (κ3) is 4.14. The number of nitrogens with zero attached hydrogens (tertiary/aromatic N) is 4. The molecule has 0 aliphatic carbocycles. The Kier molecular flexibility index (Phi) is 5.34. The molecule has 1 fully saturated rings. The molecule has 4 aromatic rings. The van der Waals surface area contributed by atoms with Crippen LogP contribution >= 0.6 is 11.3 Å². The highest BCUT2D eigenvalue weighted by molar-refractivity contribution is 7.18. The highest BCUT2D eigenvalue weighted by atomic mass is 32.1. The maximum Gasteiger partial charge on any atom is 0.267 e. The zero-order valence-electron chi connectivity index (χ0n) is 17.0. The summed E-state index contributed by atoms with van der Waals surface area (Å²) in [7, 11) is 0. The Labute approximate surface area is 183 Å². The van der Waals surface area contributed by atoms with Crippen molar-refractivity contribution in [2.45, 2.75) is 25.3 Å². The number of piperidine rings is 1. The highest BCUT2D eigenvalue weighted by Crippen LogP contribution is 2.33. The third-order valence-corrected chi connectivity index (χ3v) is 6.93. The van der Waals surface area contributed by atoms with E-state index in [9.17, 15) is 9.59 Å². The molecule has 6 nitrogen and oxygen atoms in total. The SMILES string of the molecule is O=C(Cn1nc(-c2ccccc2)ccc1=O)N1CCC(c2nc3ccccc3s2)CC1. The van der Waals surface area contributed by atoms with Crippen LogP contribution in [0.4, 0.5) is 0 Å². The molecule has 1 aliphatic rings. The molecular weight excluding hydrogens is 408 g/mol. The summed E-state index contributed by atoms with van der Waals surface area (Å²) in [5.41, 5.74) is 2.38. The summed E-state index contributed by atoms with van der Waals surface area (Å²) in [6.07, 6.45) is 1.77. The van der Waals surface area contributed by atoms with Crippen LogP contribution in [0.1, 0.15) is 23.8 Å². The monoisotopic (exact) mass is 430 g/mol. The van der Waals surface area contributed by atoms with Gasteiger partial charge in [0.25, 0.3) is 5.56 Å². The van der Waals surface area contributed by atoms with E-state index in [1.807, 2.05) is 53.4 Å². The summed E-state index contributed by atoms with van der Waals surface area (Å²) >= 11 is 1.75. The topological polar surface area (TPSA) is 68.1 Å². The number of carbonyl (C=O) groups excluding carboxylic acids is 1. The van der Waals surface area contributed by atoms with Gasteiger partial charge >= 0.3 is 0 Å². The van der Waals surface area contributed by atoms with Crippen LogP contribution in [0, 0.1) is 0 Å². The first kappa shape index (κ1) is 19.6. The van der Waals surface area contributed by atoms with Crippen LogP contribution in [0.3, 0.4) is 0 Å². The van der Waals surface area contributed by atoms with Crippen molar-refractivity contribution < 1.29 is 4.79 Å². The molecule has 3 heterocycles. The summed E-state index contributed by atoms with van der Waals surface area (Å²) in [4.78, 5) is 31.8. The number of para-hydroxylation sites is 1. The lowest BCUT2D eigenvalue weighted by atomic mass is 9.97. The average Bonchev–Trinajstić information content (AvgIpc) is 3.25. The minimum absolute atomic E-state index is 0.0364. The van der Waals surface area contributed by atoms with Gasteiger partial charge in [0.05, 0.1) is 20.9 Å². The smallest absolute Gasteiger partial charge is 0.267 e. The number of hydrogen-bond donors (Lipinski definition) is 0. The second-order valence-electron chi connectivity index (χ2n) is 7.76. The number of amides is 1. The first-order valence-corrected chi connectivity index (χ1v) is 11.3. The van der Waals surface area contributed by atoms with Crippen LogP contribution in [0.2, 0.25) is 0 Å². The molecule has 1 saturated heterocycles. The van der Waals surface area contributed by atoms with Crippen molar-refractivity contribution in [3.63, 3.8) is 0 Å².